The summed E-state index contributed by atoms with van der Waals surface area (Å²) in [5, 5.41) is 20.9. The third-order valence-electron chi connectivity index (χ3n) is 23.6. The van der Waals surface area contributed by atoms with Crippen LogP contribution in [0.1, 0.15) is 146 Å². The Bertz CT molecular complexity index is 3920. The van der Waals surface area contributed by atoms with Crippen LogP contribution in [-0.4, -0.2) is 175 Å². The lowest BCUT2D eigenvalue weighted by molar-refractivity contribution is -0.149. The maximum Gasteiger partial charge on any atom is 0.308 e. The van der Waals surface area contributed by atoms with E-state index in [0.717, 1.165) is 64.2 Å². The molecule has 22 nitrogen and oxygen atoms in total. The molecule has 2 saturated carbocycles. The molecule has 0 aromatic heterocycles. The molecule has 2 saturated heterocycles. The van der Waals surface area contributed by atoms with Crippen LogP contribution >= 0.6 is 23.2 Å². The first kappa shape index (κ1) is 73.1. The molecule has 4 amide bonds. The molecule has 6 aliphatic heterocycles. The van der Waals surface area contributed by atoms with E-state index >= 15 is 0 Å². The largest absolute Gasteiger partial charge is 0.490 e. The molecule has 4 aromatic rings. The molecular weight excluding hydrogens is 1390 g/mol. The number of carbonyl (C=O) groups is 6. The minimum Gasteiger partial charge on any atom is -0.490 e. The molecule has 6 heterocycles. The molecule has 102 heavy (non-hydrogen) atoms. The van der Waals surface area contributed by atoms with Crippen LogP contribution < -0.4 is 28.7 Å². The number of nitrogens with zero attached hydrogens (tertiary/aromatic N) is 4. The Hall–Kier alpha value is -7.22. The molecule has 0 radical (unpaired) electrons. The van der Waals surface area contributed by atoms with Crippen molar-refractivity contribution < 1.29 is 74.8 Å². The average Bonchev–Trinajstić information content (AvgIpc) is 1.17. The van der Waals surface area contributed by atoms with Crippen LogP contribution in [0.3, 0.4) is 0 Å². The molecule has 10 aliphatic rings. The van der Waals surface area contributed by atoms with Gasteiger partial charge in [-0.25, -0.2) is 26.3 Å². The summed E-state index contributed by atoms with van der Waals surface area (Å²) in [6, 6.07) is 22.1. The Balaban J connectivity index is 0.000000182. The number of methoxy groups -OCH3 is 2. The first-order chi connectivity index (χ1) is 49.0. The molecule has 4 aromatic carbocycles. The minimum atomic E-state index is -4.49. The van der Waals surface area contributed by atoms with Gasteiger partial charge in [0.1, 0.15) is 11.5 Å². The van der Waals surface area contributed by atoms with Gasteiger partial charge in [-0.05, 0) is 222 Å². The monoisotopic (exact) mass is 1480 g/mol. The zero-order valence-corrected chi connectivity index (χ0v) is 60.9. The highest BCUT2D eigenvalue weighted by Gasteiger charge is 2.48. The molecular formula is C76H92Cl2N6O16S2. The highest BCUT2D eigenvalue weighted by atomic mass is 35.5. The van der Waals surface area contributed by atoms with Crippen molar-refractivity contribution in [3.8, 4) is 11.5 Å². The molecule has 0 unspecified atom stereocenters. The van der Waals surface area contributed by atoms with E-state index in [1.807, 2.05) is 24.3 Å². The van der Waals surface area contributed by atoms with Gasteiger partial charge < -0.3 is 48.8 Å². The fourth-order valence-corrected chi connectivity index (χ4v) is 20.8. The first-order valence-corrected chi connectivity index (χ1v) is 40.0. The quantitative estimate of drug-likeness (QED) is 0.110. The van der Waals surface area contributed by atoms with Gasteiger partial charge in [-0.3, -0.25) is 28.8 Å². The Labute approximate surface area is 606 Å². The highest BCUT2D eigenvalue weighted by molar-refractivity contribution is 7.91. The van der Waals surface area contributed by atoms with Gasteiger partial charge in [0.05, 0.1) is 62.9 Å². The molecule has 548 valence electrons. The van der Waals surface area contributed by atoms with E-state index in [4.69, 9.17) is 42.1 Å². The number of amides is 4. The van der Waals surface area contributed by atoms with Gasteiger partial charge in [-0.2, -0.15) is 0 Å². The van der Waals surface area contributed by atoms with Gasteiger partial charge in [0.25, 0.3) is 11.8 Å². The van der Waals surface area contributed by atoms with Crippen molar-refractivity contribution in [3.05, 3.63) is 141 Å². The summed E-state index contributed by atoms with van der Waals surface area (Å²) in [6.45, 7) is 4.22. The maximum absolute atomic E-state index is 13.9. The summed E-state index contributed by atoms with van der Waals surface area (Å²) < 4.78 is 82.8. The lowest BCUT2D eigenvalue weighted by Gasteiger charge is -2.45. The number of piperidine rings is 2. The van der Waals surface area contributed by atoms with Crippen molar-refractivity contribution in [2.45, 2.75) is 149 Å². The van der Waals surface area contributed by atoms with Gasteiger partial charge in [-0.15, -0.1) is 0 Å². The normalized spacial score (nSPS) is 30.1. The summed E-state index contributed by atoms with van der Waals surface area (Å²) >= 11 is 12.8. The maximum atomic E-state index is 13.9. The first-order valence-electron chi connectivity index (χ1n) is 36.1. The average molecular weight is 1480 g/mol. The van der Waals surface area contributed by atoms with E-state index in [2.05, 4.69) is 31.4 Å². The molecule has 10 atom stereocenters. The molecule has 4 N–H and O–H groups in total. The molecule has 4 bridgehead atoms. The Kier molecular flexibility index (Phi) is 21.8. The molecule has 4 fully saturated rings. The highest BCUT2D eigenvalue weighted by Crippen LogP contribution is 2.50. The Morgan fingerprint density at radius 3 is 1.31 bits per heavy atom. The standard InChI is InChI=1S/2C38H46ClN3O8S/c2*1-49-37(46)24-14-17-41(18-15-24)36(45)34-7-3-2-6-32(43)29-11-8-27(29)21-42-22-38(16-4-5-25-19-28(39)10-12-30(25)38)23-50-33-13-9-26(20-31(33)42)35(44)40-51(34,47)48/h2*2,6,9-10,12-13,19-20,24,27,29,32,34,43H,3-5,7-8,11,14-18,21-23H2,1H3,(H,40,44)/b2*6-2-/t27-,29+,32-,34+,38-;27-,29+,32-,34-,38-/m00/s1. The van der Waals surface area contributed by atoms with Gasteiger partial charge in [0, 0.05) is 84.4 Å². The fraction of sp³-hybridized carbons (Fsp3) is 0.553. The number of sulfonamides is 2. The number of aryl methyl sites for hydroxylation is 2. The number of aliphatic hydroxyl groups is 2. The number of anilines is 2. The number of benzene rings is 4. The number of fused-ring (bicyclic) bond motifs is 8. The van der Waals surface area contributed by atoms with E-state index in [-0.39, 0.29) is 121 Å². The van der Waals surface area contributed by atoms with Crippen LogP contribution in [0.5, 0.6) is 11.5 Å². The molecule has 14 rings (SSSR count). The van der Waals surface area contributed by atoms with Gasteiger partial charge in [0.2, 0.25) is 31.9 Å². The van der Waals surface area contributed by atoms with Gasteiger partial charge in [0.15, 0.2) is 10.5 Å². The fourth-order valence-electron chi connectivity index (χ4n) is 17.6. The molecule has 26 heteroatoms. The summed E-state index contributed by atoms with van der Waals surface area (Å²) in [5.74, 6) is -2.68. The number of hydrogen-bond acceptors (Lipinski definition) is 18. The smallest absolute Gasteiger partial charge is 0.308 e. The number of esters is 2. The van der Waals surface area contributed by atoms with E-state index < -0.39 is 66.4 Å². The summed E-state index contributed by atoms with van der Waals surface area (Å²) in [6.07, 6.45) is 16.5. The third-order valence-corrected chi connectivity index (χ3v) is 27.4. The van der Waals surface area contributed by atoms with Crippen molar-refractivity contribution in [2.24, 2.45) is 35.5 Å². The Morgan fingerprint density at radius 1 is 0.539 bits per heavy atom. The number of ether oxygens (including phenoxy) is 4. The predicted molar refractivity (Wildman–Crippen MR) is 385 cm³/mol. The van der Waals surface area contributed by atoms with Crippen molar-refractivity contribution in [1.82, 2.24) is 19.2 Å². The number of hydrogen-bond donors (Lipinski definition) is 4. The van der Waals surface area contributed by atoms with Crippen LogP contribution in [0.4, 0.5) is 11.4 Å². The second-order valence-corrected chi connectivity index (χ2v) is 34.3. The van der Waals surface area contributed by atoms with Crippen LogP contribution in [0, 0.1) is 35.5 Å². The van der Waals surface area contributed by atoms with Crippen LogP contribution in [-0.2, 0) is 72.4 Å². The lowest BCUT2D eigenvalue weighted by Crippen LogP contribution is -2.51. The van der Waals surface area contributed by atoms with E-state index in [0.29, 0.717) is 98.0 Å². The summed E-state index contributed by atoms with van der Waals surface area (Å²) in [5.41, 5.74) is 5.84. The molecule has 2 spiro atoms. The number of likely N-dealkylation sites (tertiary alicyclic amines) is 2. The number of rotatable bonds is 4. The number of nitrogens with one attached hydrogen (secondary N) is 2. The minimum absolute atomic E-state index is 0.0129. The lowest BCUT2D eigenvalue weighted by atomic mass is 9.68. The number of halogens is 2. The zero-order chi connectivity index (χ0) is 71.8. The number of carbonyl (C=O) groups excluding carboxylic acids is 6. The van der Waals surface area contributed by atoms with Crippen molar-refractivity contribution in [1.29, 1.82) is 0 Å². The second kappa shape index (κ2) is 30.5. The second-order valence-electron chi connectivity index (χ2n) is 29.7. The zero-order valence-electron chi connectivity index (χ0n) is 57.8. The summed E-state index contributed by atoms with van der Waals surface area (Å²) in [4.78, 5) is 86.7. The topological polar surface area (TPSA) is 285 Å². The van der Waals surface area contributed by atoms with Gasteiger partial charge in [-0.1, -0.05) is 59.6 Å². The van der Waals surface area contributed by atoms with E-state index in [1.165, 1.54) is 46.3 Å². The third kappa shape index (κ3) is 15.2. The Morgan fingerprint density at radius 2 is 0.941 bits per heavy atom. The van der Waals surface area contributed by atoms with Crippen molar-refractivity contribution in [2.75, 3.05) is 89.6 Å². The number of allylic oxidation sites excluding steroid dienone is 2. The van der Waals surface area contributed by atoms with Crippen LogP contribution in [0.25, 0.3) is 0 Å². The summed E-state index contributed by atoms with van der Waals surface area (Å²) in [7, 11) is -6.34. The predicted octanol–water partition coefficient (Wildman–Crippen LogP) is 8.78. The van der Waals surface area contributed by atoms with Gasteiger partial charge >= 0.3 is 11.9 Å². The van der Waals surface area contributed by atoms with Crippen LogP contribution in [0.2, 0.25) is 10.0 Å². The van der Waals surface area contributed by atoms with Crippen LogP contribution in [0.15, 0.2) is 97.1 Å². The van der Waals surface area contributed by atoms with Crippen molar-refractivity contribution >= 4 is 90.2 Å². The van der Waals surface area contributed by atoms with Crippen molar-refractivity contribution in [3.63, 3.8) is 0 Å². The molecule has 4 aliphatic carbocycles. The SMILES string of the molecule is COC(=O)C1CCN(C(=O)[C@@H]2CC/C=C\[C@H](O)[C@@H]3CC[C@H]3CN3C[C@@]4(CCCc5cc(Cl)ccc54)COc4ccc(cc43)C(=O)NS2(=O)=O)CC1.COC(=O)C1CCN(C(=O)[C@H]2CC/C=C\[C@H](O)[C@@H]3CC[C@H]3CN3C[C@@]4(CCCc5cc(Cl)ccc54)COc4ccc(cc43)C(=O)NS2(=O)=O)CC1. The van der Waals surface area contributed by atoms with E-state index in [9.17, 15) is 55.8 Å². The number of aliphatic hydroxyl groups excluding tert-OH is 2. The van der Waals surface area contributed by atoms with E-state index in [1.54, 1.807) is 60.7 Å².